The van der Waals surface area contributed by atoms with Crippen LogP contribution in [-0.2, 0) is 6.54 Å². The van der Waals surface area contributed by atoms with Crippen LogP contribution >= 0.6 is 23.2 Å². The topological polar surface area (TPSA) is 112 Å². The maximum Gasteiger partial charge on any atom is 0.140 e. The molecular weight excluding hydrogens is 337 g/mol. The number of nitrogen functional groups attached to an aromatic ring is 1. The van der Waals surface area contributed by atoms with Crippen LogP contribution in [0.4, 0.5) is 5.82 Å². The molecule has 0 amide bonds. The number of benzene rings is 1. The molecule has 0 aliphatic heterocycles. The van der Waals surface area contributed by atoms with Crippen LogP contribution in [-0.4, -0.2) is 21.5 Å². The number of hydrogen-bond acceptors (Lipinski definition) is 5. The summed E-state index contributed by atoms with van der Waals surface area (Å²) in [4.78, 5) is 0. The van der Waals surface area contributed by atoms with Crippen molar-refractivity contribution in [1.82, 2.24) is 9.78 Å². The molecule has 3 N–H and O–H groups in total. The van der Waals surface area contributed by atoms with Crippen LogP contribution in [0.5, 0.6) is 0 Å². The Morgan fingerprint density at radius 2 is 2.13 bits per heavy atom. The molecule has 2 aromatic rings. The molecule has 1 aromatic heterocycles. The van der Waals surface area contributed by atoms with Gasteiger partial charge in [0, 0.05) is 10.6 Å². The van der Waals surface area contributed by atoms with E-state index in [0.29, 0.717) is 15.6 Å². The summed E-state index contributed by atoms with van der Waals surface area (Å²) in [6.45, 7) is -0.0219. The Kier molecular flexibility index (Phi) is 5.25. The second-order valence-corrected chi connectivity index (χ2v) is 5.34. The lowest BCUT2D eigenvalue weighted by Crippen LogP contribution is -2.07. The summed E-state index contributed by atoms with van der Waals surface area (Å²) in [5, 5.41) is 32.5. The minimum absolute atomic E-state index is 0.132. The molecule has 0 spiro atoms. The van der Waals surface area contributed by atoms with Crippen LogP contribution in [0.2, 0.25) is 10.0 Å². The molecule has 6 nitrogen and oxygen atoms in total. The van der Waals surface area contributed by atoms with E-state index in [0.717, 1.165) is 0 Å². The molecule has 0 aliphatic rings. The quantitative estimate of drug-likeness (QED) is 0.825. The standard InChI is InChI=1S/C15H11Cl2N5O/c16-10-1-2-11(13(17)6-10)9(7-18)5-14-12(8-19)15(20)22(21-14)3-4-23/h1-2,5-6,23H,3-4,20H2. The van der Waals surface area contributed by atoms with E-state index in [1.54, 1.807) is 12.1 Å². The first-order valence-corrected chi connectivity index (χ1v) is 7.21. The Hall–Kier alpha value is -2.51. The van der Waals surface area contributed by atoms with Crippen LogP contribution in [0.15, 0.2) is 18.2 Å². The van der Waals surface area contributed by atoms with Crippen molar-refractivity contribution in [3.05, 3.63) is 45.1 Å². The van der Waals surface area contributed by atoms with Crippen molar-refractivity contribution >= 4 is 40.7 Å². The number of halogens is 2. The highest BCUT2D eigenvalue weighted by Gasteiger charge is 2.15. The highest BCUT2D eigenvalue weighted by molar-refractivity contribution is 6.36. The highest BCUT2D eigenvalue weighted by Crippen LogP contribution is 2.29. The molecular formula is C15H11Cl2N5O. The van der Waals surface area contributed by atoms with Gasteiger partial charge in [0.15, 0.2) is 0 Å². The van der Waals surface area contributed by atoms with Gasteiger partial charge in [0.1, 0.15) is 23.1 Å². The Balaban J connectivity index is 2.57. The number of aromatic nitrogens is 2. The van der Waals surface area contributed by atoms with Crippen molar-refractivity contribution in [1.29, 1.82) is 10.5 Å². The molecule has 1 aromatic carbocycles. The molecule has 0 aliphatic carbocycles. The first-order valence-electron chi connectivity index (χ1n) is 6.46. The minimum atomic E-state index is -0.173. The lowest BCUT2D eigenvalue weighted by Gasteiger charge is -2.02. The summed E-state index contributed by atoms with van der Waals surface area (Å²) in [5.41, 5.74) is 6.88. The van der Waals surface area contributed by atoms with Crippen molar-refractivity contribution in [3.63, 3.8) is 0 Å². The Morgan fingerprint density at radius 3 is 2.70 bits per heavy atom. The molecule has 1 heterocycles. The zero-order valence-corrected chi connectivity index (χ0v) is 13.3. The summed E-state index contributed by atoms with van der Waals surface area (Å²) in [7, 11) is 0. The van der Waals surface area contributed by atoms with Gasteiger partial charge in [0.25, 0.3) is 0 Å². The summed E-state index contributed by atoms with van der Waals surface area (Å²) >= 11 is 12.0. The molecule has 0 radical (unpaired) electrons. The first-order chi connectivity index (χ1) is 11.0. The van der Waals surface area contributed by atoms with Crippen LogP contribution in [0.3, 0.4) is 0 Å². The van der Waals surface area contributed by atoms with Gasteiger partial charge in [0.2, 0.25) is 0 Å². The number of nitrogens with two attached hydrogens (primary N) is 1. The molecule has 0 bridgehead atoms. The fourth-order valence-corrected chi connectivity index (χ4v) is 2.50. The molecule has 0 unspecified atom stereocenters. The number of aliphatic hydroxyl groups excluding tert-OH is 1. The number of nitrogens with zero attached hydrogens (tertiary/aromatic N) is 4. The number of allylic oxidation sites excluding steroid dienone is 1. The van der Waals surface area contributed by atoms with Crippen LogP contribution in [0, 0.1) is 22.7 Å². The van der Waals surface area contributed by atoms with Gasteiger partial charge < -0.3 is 10.8 Å². The van der Waals surface area contributed by atoms with Crippen molar-refractivity contribution < 1.29 is 5.11 Å². The normalized spacial score (nSPS) is 11.1. The third-order valence-electron chi connectivity index (χ3n) is 3.07. The van der Waals surface area contributed by atoms with Crippen LogP contribution < -0.4 is 5.73 Å². The molecule has 0 saturated heterocycles. The average molecular weight is 348 g/mol. The molecule has 116 valence electrons. The lowest BCUT2D eigenvalue weighted by atomic mass is 10.0. The van der Waals surface area contributed by atoms with E-state index >= 15 is 0 Å². The van der Waals surface area contributed by atoms with Crippen LogP contribution in [0.25, 0.3) is 11.6 Å². The summed E-state index contributed by atoms with van der Waals surface area (Å²) in [6, 6.07) is 8.71. The molecule has 0 atom stereocenters. The van der Waals surface area contributed by atoms with Crippen molar-refractivity contribution in [2.45, 2.75) is 6.54 Å². The highest BCUT2D eigenvalue weighted by atomic mass is 35.5. The SMILES string of the molecule is N#CC(=Cc1nn(CCO)c(N)c1C#N)c1ccc(Cl)cc1Cl. The molecule has 0 fully saturated rings. The predicted molar refractivity (Wildman–Crippen MR) is 88.4 cm³/mol. The summed E-state index contributed by atoms with van der Waals surface area (Å²) in [6.07, 6.45) is 1.43. The number of rotatable bonds is 4. The van der Waals surface area contributed by atoms with Crippen LogP contribution in [0.1, 0.15) is 16.8 Å². The maximum atomic E-state index is 9.38. The molecule has 23 heavy (non-hydrogen) atoms. The van der Waals surface area contributed by atoms with Gasteiger partial charge in [-0.25, -0.2) is 4.68 Å². The van der Waals surface area contributed by atoms with E-state index in [2.05, 4.69) is 5.10 Å². The van der Waals surface area contributed by atoms with E-state index < -0.39 is 0 Å². The van der Waals surface area contributed by atoms with E-state index in [1.807, 2.05) is 12.1 Å². The van der Waals surface area contributed by atoms with Crippen molar-refractivity contribution in [3.8, 4) is 12.1 Å². The summed E-state index contributed by atoms with van der Waals surface area (Å²) in [5.74, 6) is 0.132. The smallest absolute Gasteiger partial charge is 0.140 e. The second-order valence-electron chi connectivity index (χ2n) is 4.50. The van der Waals surface area contributed by atoms with E-state index in [-0.39, 0.29) is 35.8 Å². The van der Waals surface area contributed by atoms with Gasteiger partial charge in [-0.2, -0.15) is 15.6 Å². The Bertz CT molecular complexity index is 858. The fraction of sp³-hybridized carbons (Fsp3) is 0.133. The minimum Gasteiger partial charge on any atom is -0.394 e. The van der Waals surface area contributed by atoms with E-state index in [9.17, 15) is 10.5 Å². The van der Waals surface area contributed by atoms with Gasteiger partial charge in [-0.3, -0.25) is 0 Å². The Morgan fingerprint density at radius 1 is 1.39 bits per heavy atom. The lowest BCUT2D eigenvalue weighted by molar-refractivity contribution is 0.270. The van der Waals surface area contributed by atoms with E-state index in [1.165, 1.54) is 16.8 Å². The van der Waals surface area contributed by atoms with Crippen molar-refractivity contribution in [2.75, 3.05) is 12.3 Å². The van der Waals surface area contributed by atoms with Gasteiger partial charge in [0.05, 0.1) is 29.8 Å². The second kappa shape index (κ2) is 7.17. The third kappa shape index (κ3) is 3.46. The number of hydrogen-bond donors (Lipinski definition) is 2. The van der Waals surface area contributed by atoms with Crippen molar-refractivity contribution in [2.24, 2.45) is 0 Å². The maximum absolute atomic E-state index is 9.38. The fourth-order valence-electron chi connectivity index (χ4n) is 1.99. The zero-order valence-electron chi connectivity index (χ0n) is 11.8. The van der Waals surface area contributed by atoms with Gasteiger partial charge >= 0.3 is 0 Å². The van der Waals surface area contributed by atoms with Gasteiger partial charge in [-0.1, -0.05) is 29.3 Å². The largest absolute Gasteiger partial charge is 0.394 e. The third-order valence-corrected chi connectivity index (χ3v) is 3.61. The summed E-state index contributed by atoms with van der Waals surface area (Å²) < 4.78 is 1.31. The molecule has 2 rings (SSSR count). The Labute approximate surface area is 142 Å². The average Bonchev–Trinajstić information content (AvgIpc) is 2.81. The number of aliphatic hydroxyl groups is 1. The predicted octanol–water partition coefficient (Wildman–Crippen LogP) is 2.70. The zero-order chi connectivity index (χ0) is 17.0. The number of anilines is 1. The molecule has 0 saturated carbocycles. The van der Waals surface area contributed by atoms with Gasteiger partial charge in [-0.05, 0) is 18.2 Å². The van der Waals surface area contributed by atoms with E-state index in [4.69, 9.17) is 34.0 Å². The number of nitriles is 2. The molecule has 8 heteroatoms. The van der Waals surface area contributed by atoms with Gasteiger partial charge in [-0.15, -0.1) is 0 Å². The monoisotopic (exact) mass is 347 g/mol. The first kappa shape index (κ1) is 16.9.